The van der Waals surface area contributed by atoms with Gasteiger partial charge in [0.2, 0.25) is 5.95 Å². The minimum absolute atomic E-state index is 0.140. The normalized spacial score (nSPS) is 10.4. The van der Waals surface area contributed by atoms with Gasteiger partial charge in [-0.15, -0.1) is 0 Å². The molecule has 2 rings (SSSR count). The first-order valence-corrected chi connectivity index (χ1v) is 4.04. The first-order valence-electron chi connectivity index (χ1n) is 4.04. The number of rotatable bonds is 1. The van der Waals surface area contributed by atoms with Crippen LogP contribution in [0.3, 0.4) is 0 Å². The van der Waals surface area contributed by atoms with Crippen LogP contribution in [0.15, 0.2) is 23.1 Å². The first kappa shape index (κ1) is 8.49. The van der Waals surface area contributed by atoms with E-state index in [0.29, 0.717) is 5.82 Å². The number of anilines is 1. The Labute approximate surface area is 79.4 Å². The number of aryl methyl sites for hydroxylation is 1. The van der Waals surface area contributed by atoms with Crippen LogP contribution in [0.25, 0.3) is 5.82 Å². The van der Waals surface area contributed by atoms with Gasteiger partial charge in [0.05, 0.1) is 0 Å². The molecule has 0 aliphatic rings. The third-order valence-electron chi connectivity index (χ3n) is 1.74. The summed E-state index contributed by atoms with van der Waals surface area (Å²) >= 11 is 0. The van der Waals surface area contributed by atoms with Crippen LogP contribution in [0.2, 0.25) is 0 Å². The summed E-state index contributed by atoms with van der Waals surface area (Å²) in [7, 11) is 0. The lowest BCUT2D eigenvalue weighted by atomic mass is 10.5. The SMILES string of the molecule is Cc1cc(=O)n(-c2ccnc(N)n2)[nH]1. The highest BCUT2D eigenvalue weighted by atomic mass is 16.1. The van der Waals surface area contributed by atoms with Crippen molar-refractivity contribution in [2.45, 2.75) is 6.92 Å². The Morgan fingerprint density at radius 1 is 1.57 bits per heavy atom. The van der Waals surface area contributed by atoms with Crippen molar-refractivity contribution >= 4 is 5.95 Å². The number of hydrogen-bond donors (Lipinski definition) is 2. The van der Waals surface area contributed by atoms with Gasteiger partial charge in [0, 0.05) is 24.0 Å². The number of nitrogens with zero attached hydrogens (tertiary/aromatic N) is 3. The van der Waals surface area contributed by atoms with E-state index in [1.807, 2.05) is 0 Å². The van der Waals surface area contributed by atoms with Crippen molar-refractivity contribution in [3.8, 4) is 5.82 Å². The number of nitrogen functional groups attached to an aromatic ring is 1. The number of hydrogen-bond acceptors (Lipinski definition) is 4. The molecule has 2 aromatic rings. The van der Waals surface area contributed by atoms with Gasteiger partial charge >= 0.3 is 0 Å². The predicted octanol–water partition coefficient (Wildman–Crippen LogP) is -0.154. The van der Waals surface area contributed by atoms with E-state index in [1.54, 1.807) is 13.0 Å². The zero-order chi connectivity index (χ0) is 10.1. The van der Waals surface area contributed by atoms with Crippen molar-refractivity contribution in [2.75, 3.05) is 5.73 Å². The molecule has 0 fully saturated rings. The van der Waals surface area contributed by atoms with Gasteiger partial charge < -0.3 is 5.73 Å². The summed E-state index contributed by atoms with van der Waals surface area (Å²) in [5, 5.41) is 2.85. The molecule has 0 saturated heterocycles. The van der Waals surface area contributed by atoms with Crippen LogP contribution < -0.4 is 11.3 Å². The van der Waals surface area contributed by atoms with Crippen LogP contribution in [0.5, 0.6) is 0 Å². The van der Waals surface area contributed by atoms with Gasteiger partial charge in [-0.3, -0.25) is 9.89 Å². The van der Waals surface area contributed by atoms with E-state index in [-0.39, 0.29) is 11.5 Å². The van der Waals surface area contributed by atoms with Crippen LogP contribution >= 0.6 is 0 Å². The van der Waals surface area contributed by atoms with Crippen molar-refractivity contribution in [2.24, 2.45) is 0 Å². The molecule has 6 nitrogen and oxygen atoms in total. The largest absolute Gasteiger partial charge is 0.368 e. The Kier molecular flexibility index (Phi) is 1.81. The summed E-state index contributed by atoms with van der Waals surface area (Å²) in [6.45, 7) is 1.79. The van der Waals surface area contributed by atoms with E-state index < -0.39 is 0 Å². The summed E-state index contributed by atoms with van der Waals surface area (Å²) in [5.41, 5.74) is 6.01. The Morgan fingerprint density at radius 3 is 2.93 bits per heavy atom. The molecule has 72 valence electrons. The molecule has 14 heavy (non-hydrogen) atoms. The molecule has 0 aromatic carbocycles. The van der Waals surface area contributed by atoms with Gasteiger partial charge in [-0.05, 0) is 6.92 Å². The zero-order valence-electron chi connectivity index (χ0n) is 7.56. The second-order valence-electron chi connectivity index (χ2n) is 2.89. The fraction of sp³-hybridized carbons (Fsp3) is 0.125. The summed E-state index contributed by atoms with van der Waals surface area (Å²) in [4.78, 5) is 19.0. The van der Waals surface area contributed by atoms with E-state index in [1.165, 1.54) is 16.9 Å². The van der Waals surface area contributed by atoms with E-state index in [0.717, 1.165) is 5.69 Å². The molecular weight excluding hydrogens is 182 g/mol. The number of aromatic amines is 1. The standard InChI is InChI=1S/C8H9N5O/c1-5-4-7(14)13(12-5)6-2-3-10-8(9)11-6/h2-4,12H,1H3,(H2,9,10,11). The number of aromatic nitrogens is 4. The maximum Gasteiger partial charge on any atom is 0.272 e. The topological polar surface area (TPSA) is 89.6 Å². The van der Waals surface area contributed by atoms with Gasteiger partial charge in [-0.25, -0.2) is 9.67 Å². The fourth-order valence-corrected chi connectivity index (χ4v) is 1.17. The molecule has 0 atom stereocenters. The zero-order valence-corrected chi connectivity index (χ0v) is 7.56. The highest BCUT2D eigenvalue weighted by Gasteiger charge is 2.03. The van der Waals surface area contributed by atoms with E-state index in [9.17, 15) is 4.79 Å². The minimum atomic E-state index is -0.166. The van der Waals surface area contributed by atoms with Gasteiger partial charge in [-0.1, -0.05) is 0 Å². The Balaban J connectivity index is 2.60. The van der Waals surface area contributed by atoms with Gasteiger partial charge in [-0.2, -0.15) is 4.98 Å². The molecule has 2 aromatic heterocycles. The van der Waals surface area contributed by atoms with Crippen molar-refractivity contribution in [1.82, 2.24) is 19.7 Å². The first-order chi connectivity index (χ1) is 6.66. The highest BCUT2D eigenvalue weighted by Crippen LogP contribution is 2.00. The predicted molar refractivity (Wildman–Crippen MR) is 51.1 cm³/mol. The summed E-state index contributed by atoms with van der Waals surface area (Å²) < 4.78 is 1.31. The molecule has 0 radical (unpaired) electrons. The van der Waals surface area contributed by atoms with Crippen molar-refractivity contribution in [3.63, 3.8) is 0 Å². The quantitative estimate of drug-likeness (QED) is 0.655. The minimum Gasteiger partial charge on any atom is -0.368 e. The maximum atomic E-state index is 11.4. The second-order valence-corrected chi connectivity index (χ2v) is 2.89. The fourth-order valence-electron chi connectivity index (χ4n) is 1.17. The molecule has 2 heterocycles. The molecule has 0 bridgehead atoms. The lowest BCUT2D eigenvalue weighted by molar-refractivity contribution is 0.804. The Hall–Kier alpha value is -2.11. The monoisotopic (exact) mass is 191 g/mol. The number of nitrogens with one attached hydrogen (secondary N) is 1. The summed E-state index contributed by atoms with van der Waals surface area (Å²) in [5.74, 6) is 0.581. The number of H-pyrrole nitrogens is 1. The highest BCUT2D eigenvalue weighted by molar-refractivity contribution is 5.27. The van der Waals surface area contributed by atoms with Crippen LogP contribution in [0, 0.1) is 6.92 Å². The smallest absolute Gasteiger partial charge is 0.272 e. The summed E-state index contributed by atoms with van der Waals surface area (Å²) in [6.07, 6.45) is 1.50. The van der Waals surface area contributed by atoms with Gasteiger partial charge in [0.25, 0.3) is 5.56 Å². The number of nitrogens with two attached hydrogens (primary N) is 1. The molecule has 0 saturated carbocycles. The molecule has 0 aliphatic heterocycles. The van der Waals surface area contributed by atoms with E-state index >= 15 is 0 Å². The maximum absolute atomic E-state index is 11.4. The average Bonchev–Trinajstić information content (AvgIpc) is 2.45. The molecule has 0 amide bonds. The van der Waals surface area contributed by atoms with Crippen molar-refractivity contribution in [1.29, 1.82) is 0 Å². The van der Waals surface area contributed by atoms with E-state index in [4.69, 9.17) is 5.73 Å². The van der Waals surface area contributed by atoms with Crippen LogP contribution in [-0.2, 0) is 0 Å². The van der Waals surface area contributed by atoms with Gasteiger partial charge in [0.15, 0.2) is 5.82 Å². The lowest BCUT2D eigenvalue weighted by Gasteiger charge is -1.99. The molecule has 0 aliphatic carbocycles. The second kappa shape index (κ2) is 2.99. The van der Waals surface area contributed by atoms with Gasteiger partial charge in [0.1, 0.15) is 0 Å². The molecule has 0 spiro atoms. The molecule has 6 heteroatoms. The third kappa shape index (κ3) is 1.37. The van der Waals surface area contributed by atoms with E-state index in [2.05, 4.69) is 15.1 Å². The van der Waals surface area contributed by atoms with Crippen LogP contribution in [-0.4, -0.2) is 19.7 Å². The molecular formula is C8H9N5O. The van der Waals surface area contributed by atoms with Crippen molar-refractivity contribution in [3.05, 3.63) is 34.4 Å². The third-order valence-corrected chi connectivity index (χ3v) is 1.74. The lowest BCUT2D eigenvalue weighted by Crippen LogP contribution is -2.15. The average molecular weight is 191 g/mol. The van der Waals surface area contributed by atoms with Crippen LogP contribution in [0.4, 0.5) is 5.95 Å². The van der Waals surface area contributed by atoms with Crippen LogP contribution in [0.1, 0.15) is 5.69 Å². The molecule has 3 N–H and O–H groups in total. The Morgan fingerprint density at radius 2 is 2.36 bits per heavy atom. The van der Waals surface area contributed by atoms with Crippen molar-refractivity contribution < 1.29 is 0 Å². The summed E-state index contributed by atoms with van der Waals surface area (Å²) in [6, 6.07) is 3.09. The Bertz CT molecular complexity index is 512. The molecule has 0 unspecified atom stereocenters.